The van der Waals surface area contributed by atoms with Crippen molar-refractivity contribution in [3.8, 4) is 11.5 Å². The molecule has 3 rings (SSSR count). The Kier molecular flexibility index (Phi) is 9.88. The van der Waals surface area contributed by atoms with Crippen LogP contribution in [0, 0.1) is 0 Å². The lowest BCUT2D eigenvalue weighted by molar-refractivity contribution is -0.120. The molecule has 0 aliphatic carbocycles. The maximum Gasteiger partial charge on any atom is 0.255 e. The number of unbranched alkanes of at least 4 members (excludes halogenated alkanes) is 1. The van der Waals surface area contributed by atoms with Crippen molar-refractivity contribution in [1.82, 2.24) is 5.32 Å². The molecule has 0 heterocycles. The van der Waals surface area contributed by atoms with Crippen LogP contribution in [-0.2, 0) is 22.8 Å². The van der Waals surface area contributed by atoms with Gasteiger partial charge in [0.05, 0.1) is 5.56 Å². The van der Waals surface area contributed by atoms with Crippen molar-refractivity contribution >= 4 is 17.7 Å². The molecule has 3 aromatic carbocycles. The quantitative estimate of drug-likeness (QED) is 0.298. The van der Waals surface area contributed by atoms with Gasteiger partial charge in [-0.15, -0.1) is 0 Å². The smallest absolute Gasteiger partial charge is 0.255 e. The molecule has 0 saturated carbocycles. The second-order valence-electron chi connectivity index (χ2n) is 8.32. The number of rotatable bonds is 14. The van der Waals surface area contributed by atoms with Crippen molar-refractivity contribution in [1.29, 1.82) is 0 Å². The summed E-state index contributed by atoms with van der Waals surface area (Å²) in [5.41, 5.74) is 12.8. The van der Waals surface area contributed by atoms with Gasteiger partial charge >= 0.3 is 0 Å². The normalized spacial score (nSPS) is 11.3. The van der Waals surface area contributed by atoms with Crippen molar-refractivity contribution in [3.05, 3.63) is 95.6 Å². The zero-order valence-electron chi connectivity index (χ0n) is 20.0. The molecule has 8 heteroatoms. The van der Waals surface area contributed by atoms with Gasteiger partial charge in [-0.3, -0.25) is 14.4 Å². The number of hydrogen-bond donors (Lipinski definition) is 3. The number of para-hydroxylation sites is 1. The Hall–Kier alpha value is -4.33. The molecular weight excluding hydrogens is 458 g/mol. The number of carbonyl (C=O) groups excluding carboxylic acids is 3. The number of nitrogens with one attached hydrogen (secondary N) is 1. The van der Waals surface area contributed by atoms with E-state index < -0.39 is 23.8 Å². The Morgan fingerprint density at radius 3 is 1.94 bits per heavy atom. The van der Waals surface area contributed by atoms with Gasteiger partial charge in [0.15, 0.2) is 11.5 Å². The summed E-state index contributed by atoms with van der Waals surface area (Å²) in [7, 11) is 0. The van der Waals surface area contributed by atoms with Gasteiger partial charge in [-0.25, -0.2) is 0 Å². The summed E-state index contributed by atoms with van der Waals surface area (Å²) >= 11 is 0. The first-order valence-corrected chi connectivity index (χ1v) is 11.8. The zero-order valence-corrected chi connectivity index (χ0v) is 20.0. The molecule has 3 amide bonds. The minimum absolute atomic E-state index is 0.206. The van der Waals surface area contributed by atoms with E-state index in [1.807, 2.05) is 60.7 Å². The third-order valence-electron chi connectivity index (χ3n) is 5.50. The first-order chi connectivity index (χ1) is 17.4. The highest BCUT2D eigenvalue weighted by Gasteiger charge is 2.23. The van der Waals surface area contributed by atoms with Crippen molar-refractivity contribution in [2.45, 2.75) is 44.9 Å². The molecule has 0 fully saturated rings. The molecular formula is C28H31N3O5. The number of hydrogen-bond acceptors (Lipinski definition) is 5. The van der Waals surface area contributed by atoms with Crippen LogP contribution in [0.2, 0.25) is 0 Å². The van der Waals surface area contributed by atoms with Gasteiger partial charge in [-0.2, -0.15) is 0 Å². The first-order valence-electron chi connectivity index (χ1n) is 11.8. The third kappa shape index (κ3) is 8.16. The Bertz CT molecular complexity index is 1150. The molecule has 0 radical (unpaired) electrons. The molecule has 3 aromatic rings. The second kappa shape index (κ2) is 13.5. The fraction of sp³-hybridized carbons (Fsp3) is 0.250. The molecule has 0 aliphatic rings. The molecule has 0 bridgehead atoms. The van der Waals surface area contributed by atoms with Gasteiger partial charge in [-0.1, -0.05) is 73.2 Å². The molecule has 36 heavy (non-hydrogen) atoms. The van der Waals surface area contributed by atoms with E-state index >= 15 is 0 Å². The third-order valence-corrected chi connectivity index (χ3v) is 5.50. The predicted octanol–water partition coefficient (Wildman–Crippen LogP) is 3.47. The molecule has 8 nitrogen and oxygen atoms in total. The number of ether oxygens (including phenoxy) is 2. The summed E-state index contributed by atoms with van der Waals surface area (Å²) in [6.07, 6.45) is 1.51. The van der Waals surface area contributed by atoms with Crippen molar-refractivity contribution in [2.75, 3.05) is 0 Å². The summed E-state index contributed by atoms with van der Waals surface area (Å²) < 4.78 is 12.1. The molecule has 0 spiro atoms. The monoisotopic (exact) mass is 489 g/mol. The van der Waals surface area contributed by atoms with Gasteiger partial charge in [0.2, 0.25) is 11.8 Å². The van der Waals surface area contributed by atoms with E-state index in [9.17, 15) is 14.4 Å². The van der Waals surface area contributed by atoms with Crippen LogP contribution in [0.5, 0.6) is 11.5 Å². The highest BCUT2D eigenvalue weighted by molar-refractivity contribution is 6.00. The average Bonchev–Trinajstić information content (AvgIpc) is 2.88. The summed E-state index contributed by atoms with van der Waals surface area (Å²) in [4.78, 5) is 36.2. The maximum atomic E-state index is 13.2. The fourth-order valence-electron chi connectivity index (χ4n) is 3.59. The van der Waals surface area contributed by atoms with E-state index in [-0.39, 0.29) is 30.9 Å². The van der Waals surface area contributed by atoms with E-state index in [0.717, 1.165) is 11.1 Å². The average molecular weight is 490 g/mol. The Balaban J connectivity index is 1.79. The van der Waals surface area contributed by atoms with Crippen LogP contribution in [0.15, 0.2) is 78.9 Å². The van der Waals surface area contributed by atoms with E-state index in [1.54, 1.807) is 18.2 Å². The van der Waals surface area contributed by atoms with E-state index in [0.29, 0.717) is 25.0 Å². The molecule has 5 N–H and O–H groups in total. The zero-order chi connectivity index (χ0) is 25.8. The summed E-state index contributed by atoms with van der Waals surface area (Å²) in [6, 6.07) is 23.3. The van der Waals surface area contributed by atoms with Crippen LogP contribution in [0.3, 0.4) is 0 Å². The molecule has 1 atom stereocenters. The number of amides is 3. The number of primary amides is 2. The molecule has 1 unspecified atom stereocenters. The van der Waals surface area contributed by atoms with Gasteiger partial charge in [-0.05, 0) is 36.1 Å². The lowest BCUT2D eigenvalue weighted by Gasteiger charge is -2.19. The first kappa shape index (κ1) is 26.3. The van der Waals surface area contributed by atoms with E-state index in [4.69, 9.17) is 20.9 Å². The predicted molar refractivity (Wildman–Crippen MR) is 136 cm³/mol. The second-order valence-corrected chi connectivity index (χ2v) is 8.32. The largest absolute Gasteiger partial charge is 0.485 e. The number of carbonyl (C=O) groups is 3. The van der Waals surface area contributed by atoms with Gasteiger partial charge in [0, 0.05) is 6.42 Å². The van der Waals surface area contributed by atoms with Gasteiger partial charge in [0.25, 0.3) is 5.91 Å². The van der Waals surface area contributed by atoms with E-state index in [2.05, 4.69) is 5.32 Å². The summed E-state index contributed by atoms with van der Waals surface area (Å²) in [6.45, 7) is 0.510. The van der Waals surface area contributed by atoms with Crippen LogP contribution in [0.4, 0.5) is 0 Å². The van der Waals surface area contributed by atoms with Crippen LogP contribution in [0.25, 0.3) is 0 Å². The summed E-state index contributed by atoms with van der Waals surface area (Å²) in [5, 5.41) is 2.70. The lowest BCUT2D eigenvalue weighted by Crippen LogP contribution is -2.44. The fourth-order valence-corrected chi connectivity index (χ4v) is 3.59. The van der Waals surface area contributed by atoms with E-state index in [1.165, 1.54) is 0 Å². The minimum atomic E-state index is -0.902. The highest BCUT2D eigenvalue weighted by atomic mass is 16.5. The lowest BCUT2D eigenvalue weighted by atomic mass is 10.1. The Labute approximate surface area is 210 Å². The van der Waals surface area contributed by atoms with Crippen LogP contribution < -0.4 is 26.3 Å². The summed E-state index contributed by atoms with van der Waals surface area (Å²) in [5.74, 6) is -0.916. The molecule has 0 aromatic heterocycles. The number of nitrogens with two attached hydrogens (primary N) is 2. The molecule has 188 valence electrons. The Morgan fingerprint density at radius 2 is 1.36 bits per heavy atom. The van der Waals surface area contributed by atoms with Gasteiger partial charge < -0.3 is 26.3 Å². The van der Waals surface area contributed by atoms with Crippen molar-refractivity contribution < 1.29 is 23.9 Å². The van der Waals surface area contributed by atoms with Crippen LogP contribution in [0.1, 0.15) is 47.2 Å². The maximum absolute atomic E-state index is 13.2. The van der Waals surface area contributed by atoms with Crippen molar-refractivity contribution in [3.63, 3.8) is 0 Å². The molecule has 0 saturated heterocycles. The van der Waals surface area contributed by atoms with Crippen LogP contribution >= 0.6 is 0 Å². The Morgan fingerprint density at radius 1 is 0.750 bits per heavy atom. The van der Waals surface area contributed by atoms with Crippen molar-refractivity contribution in [2.24, 2.45) is 11.5 Å². The number of benzene rings is 3. The topological polar surface area (TPSA) is 134 Å². The standard InChI is InChI=1S/C28H31N3O5/c29-25(32)17-8-7-15-23(27(30)33)31-28(34)22-14-9-16-24(35-18-20-10-3-1-4-11-20)26(22)36-19-21-12-5-2-6-13-21/h1-6,9-14,16,23H,7-8,15,17-19H2,(H2,29,32)(H2,30,33)(H,31,34). The van der Waals surface area contributed by atoms with Gasteiger partial charge in [0.1, 0.15) is 19.3 Å². The molecule has 0 aliphatic heterocycles. The minimum Gasteiger partial charge on any atom is -0.485 e. The SMILES string of the molecule is NC(=O)CCCCC(NC(=O)c1cccc(OCc2ccccc2)c1OCc1ccccc1)C(N)=O. The highest BCUT2D eigenvalue weighted by Crippen LogP contribution is 2.33. The van der Waals surface area contributed by atoms with Crippen LogP contribution in [-0.4, -0.2) is 23.8 Å².